The van der Waals surface area contributed by atoms with Crippen LogP contribution in [0.15, 0.2) is 35.4 Å². The highest BCUT2D eigenvalue weighted by Crippen LogP contribution is 2.29. The molecule has 0 aliphatic heterocycles. The summed E-state index contributed by atoms with van der Waals surface area (Å²) in [5, 5.41) is 25.1. The molecule has 22 heavy (non-hydrogen) atoms. The first-order chi connectivity index (χ1) is 10.4. The Morgan fingerprint density at radius 3 is 2.55 bits per heavy atom. The van der Waals surface area contributed by atoms with Crippen molar-refractivity contribution in [1.82, 2.24) is 0 Å². The van der Waals surface area contributed by atoms with Gasteiger partial charge in [0.2, 0.25) is 0 Å². The molecule has 114 valence electrons. The molecule has 0 aromatic heterocycles. The topological polar surface area (TPSA) is 87.8 Å². The van der Waals surface area contributed by atoms with Crippen LogP contribution in [0, 0.1) is 24.0 Å². The van der Waals surface area contributed by atoms with Crippen molar-refractivity contribution in [2.45, 2.75) is 13.8 Å². The predicted molar refractivity (Wildman–Crippen MR) is 86.9 cm³/mol. The maximum Gasteiger partial charge on any atom is 0.269 e. The van der Waals surface area contributed by atoms with E-state index in [-0.39, 0.29) is 11.4 Å². The van der Waals surface area contributed by atoms with Gasteiger partial charge in [0.1, 0.15) is 5.75 Å². The van der Waals surface area contributed by atoms with Crippen molar-refractivity contribution < 1.29 is 10.0 Å². The number of halogens is 1. The first kappa shape index (κ1) is 15.8. The lowest BCUT2D eigenvalue weighted by Gasteiger charge is -2.08. The predicted octanol–water partition coefficient (Wildman–Crippen LogP) is 4.02. The largest absolute Gasteiger partial charge is 0.507 e. The number of hydrogen-bond acceptors (Lipinski definition) is 5. The van der Waals surface area contributed by atoms with Gasteiger partial charge in [0.25, 0.3) is 5.69 Å². The van der Waals surface area contributed by atoms with Crippen LogP contribution < -0.4 is 5.43 Å². The number of benzene rings is 2. The van der Waals surface area contributed by atoms with Crippen LogP contribution in [0.1, 0.15) is 16.7 Å². The first-order valence-corrected chi connectivity index (χ1v) is 6.80. The van der Waals surface area contributed by atoms with Crippen molar-refractivity contribution in [3.05, 3.63) is 62.2 Å². The minimum Gasteiger partial charge on any atom is -0.507 e. The van der Waals surface area contributed by atoms with E-state index in [0.717, 1.165) is 11.1 Å². The number of nitro groups is 1. The molecule has 0 saturated heterocycles. The fourth-order valence-corrected chi connectivity index (χ4v) is 2.10. The number of non-ortho nitro benzene ring substituents is 1. The van der Waals surface area contributed by atoms with Crippen molar-refractivity contribution >= 4 is 29.2 Å². The average Bonchev–Trinajstić information content (AvgIpc) is 2.49. The maximum atomic E-state index is 10.6. The smallest absolute Gasteiger partial charge is 0.269 e. The summed E-state index contributed by atoms with van der Waals surface area (Å²) in [6.45, 7) is 3.60. The SMILES string of the molecule is Cc1cc(O)c(C=NNc2ccc([N+](=O)[O-])cc2)c(C)c1Cl. The Kier molecular flexibility index (Phi) is 4.62. The van der Waals surface area contributed by atoms with Gasteiger partial charge >= 0.3 is 0 Å². The molecular formula is C15H14ClN3O3. The molecule has 0 aliphatic rings. The Balaban J connectivity index is 2.16. The fraction of sp³-hybridized carbons (Fsp3) is 0.133. The number of aryl methyl sites for hydroxylation is 1. The fourth-order valence-electron chi connectivity index (χ4n) is 1.94. The molecule has 2 rings (SSSR count). The second-order valence-electron chi connectivity index (χ2n) is 4.74. The van der Waals surface area contributed by atoms with Gasteiger partial charge in [-0.1, -0.05) is 11.6 Å². The maximum absolute atomic E-state index is 10.6. The minimum absolute atomic E-state index is 0.00772. The number of nitro benzene ring substituents is 1. The van der Waals surface area contributed by atoms with Crippen LogP contribution in [0.3, 0.4) is 0 Å². The molecular weight excluding hydrogens is 306 g/mol. The average molecular weight is 320 g/mol. The summed E-state index contributed by atoms with van der Waals surface area (Å²) >= 11 is 6.14. The second kappa shape index (κ2) is 6.44. The molecule has 0 unspecified atom stereocenters. The van der Waals surface area contributed by atoms with E-state index in [0.29, 0.717) is 16.3 Å². The van der Waals surface area contributed by atoms with Gasteiger partial charge in [-0.05, 0) is 43.2 Å². The molecule has 0 aliphatic carbocycles. The monoisotopic (exact) mass is 319 g/mol. The highest BCUT2D eigenvalue weighted by atomic mass is 35.5. The standard InChI is InChI=1S/C15H14ClN3O3/c1-9-7-14(20)13(10(2)15(9)16)8-17-18-11-3-5-12(6-4-11)19(21)22/h3-8,18,20H,1-2H3. The number of hydrazone groups is 1. The van der Waals surface area contributed by atoms with E-state index >= 15 is 0 Å². The highest BCUT2D eigenvalue weighted by Gasteiger charge is 2.09. The van der Waals surface area contributed by atoms with Crippen molar-refractivity contribution in [2.24, 2.45) is 5.10 Å². The third-order valence-electron chi connectivity index (χ3n) is 3.17. The molecule has 7 heteroatoms. The highest BCUT2D eigenvalue weighted by molar-refractivity contribution is 6.32. The van der Waals surface area contributed by atoms with Gasteiger partial charge < -0.3 is 5.11 Å². The molecule has 0 amide bonds. The molecule has 6 nitrogen and oxygen atoms in total. The molecule has 0 spiro atoms. The molecule has 0 fully saturated rings. The number of hydrogen-bond donors (Lipinski definition) is 2. The van der Waals surface area contributed by atoms with E-state index in [1.807, 2.05) is 6.92 Å². The Morgan fingerprint density at radius 1 is 1.32 bits per heavy atom. The summed E-state index contributed by atoms with van der Waals surface area (Å²) < 4.78 is 0. The molecule has 2 N–H and O–H groups in total. The van der Waals surface area contributed by atoms with Crippen LogP contribution in [-0.4, -0.2) is 16.2 Å². The molecule has 2 aromatic carbocycles. The summed E-state index contributed by atoms with van der Waals surface area (Å²) in [4.78, 5) is 10.1. The van der Waals surface area contributed by atoms with Crippen molar-refractivity contribution in [3.63, 3.8) is 0 Å². The zero-order valence-electron chi connectivity index (χ0n) is 12.0. The zero-order valence-corrected chi connectivity index (χ0v) is 12.8. The van der Waals surface area contributed by atoms with Gasteiger partial charge in [0.15, 0.2) is 0 Å². The van der Waals surface area contributed by atoms with Crippen molar-refractivity contribution in [3.8, 4) is 5.75 Å². The summed E-state index contributed by atoms with van der Waals surface area (Å²) in [5.41, 5.74) is 5.38. The third-order valence-corrected chi connectivity index (χ3v) is 3.76. The van der Waals surface area contributed by atoms with Crippen LogP contribution >= 0.6 is 11.6 Å². The zero-order chi connectivity index (χ0) is 16.3. The number of phenols is 1. The number of nitrogens with zero attached hydrogens (tertiary/aromatic N) is 2. The molecule has 2 aromatic rings. The number of phenolic OH excluding ortho intramolecular Hbond substituents is 1. The number of anilines is 1. The third kappa shape index (κ3) is 3.35. The first-order valence-electron chi connectivity index (χ1n) is 6.42. The Bertz CT molecular complexity index is 743. The number of nitrogens with one attached hydrogen (secondary N) is 1. The van der Waals surface area contributed by atoms with Gasteiger partial charge in [0, 0.05) is 22.7 Å². The normalized spacial score (nSPS) is 10.9. The van der Waals surface area contributed by atoms with Crippen LogP contribution in [0.25, 0.3) is 0 Å². The van der Waals surface area contributed by atoms with Crippen LogP contribution in [0.4, 0.5) is 11.4 Å². The lowest BCUT2D eigenvalue weighted by molar-refractivity contribution is -0.384. The summed E-state index contributed by atoms with van der Waals surface area (Å²) in [6, 6.07) is 7.42. The number of rotatable bonds is 4. The van der Waals surface area contributed by atoms with E-state index in [4.69, 9.17) is 11.6 Å². The molecule has 0 atom stereocenters. The van der Waals surface area contributed by atoms with Gasteiger partial charge in [-0.25, -0.2) is 0 Å². The second-order valence-corrected chi connectivity index (χ2v) is 5.12. The van der Waals surface area contributed by atoms with E-state index in [1.54, 1.807) is 25.1 Å². The molecule has 0 radical (unpaired) electrons. The molecule has 0 bridgehead atoms. The Hall–Kier alpha value is -2.60. The summed E-state index contributed by atoms with van der Waals surface area (Å²) in [6.07, 6.45) is 1.46. The van der Waals surface area contributed by atoms with Crippen LogP contribution in [0.5, 0.6) is 5.75 Å². The van der Waals surface area contributed by atoms with E-state index in [2.05, 4.69) is 10.5 Å². The van der Waals surface area contributed by atoms with Gasteiger partial charge in [-0.3, -0.25) is 15.5 Å². The minimum atomic E-state index is -0.469. The van der Waals surface area contributed by atoms with E-state index < -0.39 is 4.92 Å². The van der Waals surface area contributed by atoms with E-state index in [1.165, 1.54) is 18.3 Å². The molecule has 0 saturated carbocycles. The van der Waals surface area contributed by atoms with Crippen LogP contribution in [0.2, 0.25) is 5.02 Å². The Morgan fingerprint density at radius 2 is 1.95 bits per heavy atom. The van der Waals surface area contributed by atoms with Crippen LogP contribution in [-0.2, 0) is 0 Å². The van der Waals surface area contributed by atoms with Gasteiger partial charge in [-0.15, -0.1) is 0 Å². The Labute approximate surface area is 132 Å². The summed E-state index contributed by atoms with van der Waals surface area (Å²) in [5.74, 6) is 0.0913. The lowest BCUT2D eigenvalue weighted by Crippen LogP contribution is -1.95. The quantitative estimate of drug-likeness (QED) is 0.506. The molecule has 0 heterocycles. The van der Waals surface area contributed by atoms with Gasteiger partial charge in [0.05, 0.1) is 16.8 Å². The summed E-state index contributed by atoms with van der Waals surface area (Å²) in [7, 11) is 0. The lowest BCUT2D eigenvalue weighted by atomic mass is 10.1. The van der Waals surface area contributed by atoms with Gasteiger partial charge in [-0.2, -0.15) is 5.10 Å². The number of aromatic hydroxyl groups is 1. The van der Waals surface area contributed by atoms with Crippen molar-refractivity contribution in [1.29, 1.82) is 0 Å². The van der Waals surface area contributed by atoms with E-state index in [9.17, 15) is 15.2 Å². The van der Waals surface area contributed by atoms with Crippen molar-refractivity contribution in [2.75, 3.05) is 5.43 Å².